The molecule has 106 valence electrons. The first-order chi connectivity index (χ1) is 9.08. The molecule has 0 aliphatic carbocycles. The molecule has 0 aromatic heterocycles. The molecule has 0 spiro atoms. The van der Waals surface area contributed by atoms with E-state index in [4.69, 9.17) is 4.74 Å². The minimum absolute atomic E-state index is 0.0327. The maximum absolute atomic E-state index is 13.5. The second-order valence-electron chi connectivity index (χ2n) is 5.00. The molecule has 0 aliphatic heterocycles. The van der Waals surface area contributed by atoms with Crippen LogP contribution in [0.2, 0.25) is 0 Å². The largest absolute Gasteiger partial charge is 0.462 e. The Kier molecular flexibility index (Phi) is 6.54. The predicted octanol–water partition coefficient (Wildman–Crippen LogP) is 4.51. The molecule has 0 bridgehead atoms. The van der Waals surface area contributed by atoms with E-state index in [2.05, 4.69) is 13.8 Å². The summed E-state index contributed by atoms with van der Waals surface area (Å²) in [5.74, 6) is -0.704. The van der Waals surface area contributed by atoms with E-state index < -0.39 is 11.8 Å². The highest BCUT2D eigenvalue weighted by atomic mass is 19.1. The molecular weight excluding hydrogens is 243 g/mol. The number of carbonyl (C=O) groups is 1. The topological polar surface area (TPSA) is 26.3 Å². The molecule has 1 aromatic rings. The van der Waals surface area contributed by atoms with Crippen molar-refractivity contribution in [3.05, 3.63) is 35.1 Å². The smallest absolute Gasteiger partial charge is 0.341 e. The van der Waals surface area contributed by atoms with Crippen molar-refractivity contribution in [1.82, 2.24) is 0 Å². The second kappa shape index (κ2) is 7.93. The van der Waals surface area contributed by atoms with Gasteiger partial charge >= 0.3 is 5.97 Å². The first-order valence-corrected chi connectivity index (χ1v) is 7.01. The SMILES string of the molecule is CCCCC(CC)COC(=O)c1cc(C)ccc1F. The van der Waals surface area contributed by atoms with E-state index in [1.807, 2.05) is 6.92 Å². The molecule has 19 heavy (non-hydrogen) atoms. The number of halogens is 1. The zero-order chi connectivity index (χ0) is 14.3. The van der Waals surface area contributed by atoms with Crippen LogP contribution in [0.5, 0.6) is 0 Å². The molecule has 0 heterocycles. The van der Waals surface area contributed by atoms with Gasteiger partial charge in [-0.2, -0.15) is 0 Å². The summed E-state index contributed by atoms with van der Waals surface area (Å²) in [6.45, 7) is 6.43. The zero-order valence-corrected chi connectivity index (χ0v) is 12.0. The first-order valence-electron chi connectivity index (χ1n) is 7.01. The summed E-state index contributed by atoms with van der Waals surface area (Å²) in [4.78, 5) is 11.8. The lowest BCUT2D eigenvalue weighted by Crippen LogP contribution is -2.15. The molecule has 3 heteroatoms. The summed E-state index contributed by atoms with van der Waals surface area (Å²) in [7, 11) is 0. The predicted molar refractivity (Wildman–Crippen MR) is 74.7 cm³/mol. The minimum atomic E-state index is -0.559. The van der Waals surface area contributed by atoms with E-state index in [0.717, 1.165) is 31.2 Å². The lowest BCUT2D eigenvalue weighted by atomic mass is 10.0. The molecule has 0 aliphatic rings. The second-order valence-corrected chi connectivity index (χ2v) is 5.00. The molecule has 0 N–H and O–H groups in total. The Labute approximate surface area is 115 Å². The summed E-state index contributed by atoms with van der Waals surface area (Å²) >= 11 is 0. The van der Waals surface area contributed by atoms with Crippen LogP contribution in [0.4, 0.5) is 4.39 Å². The van der Waals surface area contributed by atoms with Gasteiger partial charge < -0.3 is 4.74 Å². The van der Waals surface area contributed by atoms with Gasteiger partial charge in [0.1, 0.15) is 5.82 Å². The van der Waals surface area contributed by atoms with E-state index in [9.17, 15) is 9.18 Å². The van der Waals surface area contributed by atoms with Gasteiger partial charge in [0.15, 0.2) is 0 Å². The molecule has 0 fully saturated rings. The van der Waals surface area contributed by atoms with Crippen LogP contribution in [-0.4, -0.2) is 12.6 Å². The van der Waals surface area contributed by atoms with Gasteiger partial charge in [0.2, 0.25) is 0 Å². The fourth-order valence-electron chi connectivity index (χ4n) is 1.96. The number of esters is 1. The van der Waals surface area contributed by atoms with Gasteiger partial charge in [-0.3, -0.25) is 0 Å². The minimum Gasteiger partial charge on any atom is -0.462 e. The average molecular weight is 266 g/mol. The number of unbranched alkanes of at least 4 members (excludes halogenated alkanes) is 1. The highest BCUT2D eigenvalue weighted by molar-refractivity contribution is 5.89. The van der Waals surface area contributed by atoms with E-state index >= 15 is 0 Å². The van der Waals surface area contributed by atoms with Crippen LogP contribution < -0.4 is 0 Å². The number of hydrogen-bond donors (Lipinski definition) is 0. The Morgan fingerprint density at radius 1 is 1.37 bits per heavy atom. The Morgan fingerprint density at radius 3 is 2.74 bits per heavy atom. The van der Waals surface area contributed by atoms with Gasteiger partial charge in [-0.15, -0.1) is 0 Å². The average Bonchev–Trinajstić information content (AvgIpc) is 2.41. The molecule has 0 radical (unpaired) electrons. The van der Waals surface area contributed by atoms with Gasteiger partial charge in [0.25, 0.3) is 0 Å². The molecule has 1 unspecified atom stereocenters. The lowest BCUT2D eigenvalue weighted by Gasteiger charge is -2.14. The number of aryl methyl sites for hydroxylation is 1. The molecule has 1 atom stereocenters. The van der Waals surface area contributed by atoms with Crippen molar-refractivity contribution in [2.45, 2.75) is 46.5 Å². The van der Waals surface area contributed by atoms with Gasteiger partial charge in [0.05, 0.1) is 12.2 Å². The zero-order valence-electron chi connectivity index (χ0n) is 12.0. The van der Waals surface area contributed by atoms with Gasteiger partial charge in [-0.1, -0.05) is 44.7 Å². The summed E-state index contributed by atoms with van der Waals surface area (Å²) in [6, 6.07) is 4.48. The van der Waals surface area contributed by atoms with Crippen molar-refractivity contribution in [3.8, 4) is 0 Å². The van der Waals surface area contributed by atoms with Crippen molar-refractivity contribution < 1.29 is 13.9 Å². The summed E-state index contributed by atoms with van der Waals surface area (Å²) in [6.07, 6.45) is 4.30. The Bertz CT molecular complexity index is 415. The maximum atomic E-state index is 13.5. The van der Waals surface area contributed by atoms with E-state index in [0.29, 0.717) is 12.5 Å². The molecule has 0 saturated carbocycles. The molecular formula is C16H23FO2. The third-order valence-corrected chi connectivity index (χ3v) is 3.34. The molecule has 0 amide bonds. The summed E-state index contributed by atoms with van der Waals surface area (Å²) in [5, 5.41) is 0. The quantitative estimate of drug-likeness (QED) is 0.679. The van der Waals surface area contributed by atoms with Crippen molar-refractivity contribution >= 4 is 5.97 Å². The van der Waals surface area contributed by atoms with Crippen LogP contribution in [0.25, 0.3) is 0 Å². The maximum Gasteiger partial charge on any atom is 0.341 e. The first kappa shape index (κ1) is 15.7. The standard InChI is InChI=1S/C16H23FO2/c1-4-6-7-13(5-2)11-19-16(18)14-10-12(3)8-9-15(14)17/h8-10,13H,4-7,11H2,1-3H3. The summed E-state index contributed by atoms with van der Waals surface area (Å²) < 4.78 is 18.8. The van der Waals surface area contributed by atoms with Crippen LogP contribution >= 0.6 is 0 Å². The number of ether oxygens (including phenoxy) is 1. The number of rotatable bonds is 7. The number of benzene rings is 1. The van der Waals surface area contributed by atoms with Crippen LogP contribution in [-0.2, 0) is 4.74 Å². The van der Waals surface area contributed by atoms with Crippen LogP contribution in [0.3, 0.4) is 0 Å². The molecule has 2 nitrogen and oxygen atoms in total. The Morgan fingerprint density at radius 2 is 2.11 bits per heavy atom. The third-order valence-electron chi connectivity index (χ3n) is 3.34. The lowest BCUT2D eigenvalue weighted by molar-refractivity contribution is 0.0423. The molecule has 1 aromatic carbocycles. The van der Waals surface area contributed by atoms with Crippen molar-refractivity contribution in [3.63, 3.8) is 0 Å². The van der Waals surface area contributed by atoms with Crippen molar-refractivity contribution in [1.29, 1.82) is 0 Å². The van der Waals surface area contributed by atoms with E-state index in [-0.39, 0.29) is 5.56 Å². The van der Waals surface area contributed by atoms with Crippen LogP contribution in [0.1, 0.15) is 55.5 Å². The molecule has 0 saturated heterocycles. The monoisotopic (exact) mass is 266 g/mol. The van der Waals surface area contributed by atoms with E-state index in [1.165, 1.54) is 12.1 Å². The van der Waals surface area contributed by atoms with Gasteiger partial charge in [0, 0.05) is 0 Å². The number of hydrogen-bond acceptors (Lipinski definition) is 2. The van der Waals surface area contributed by atoms with Crippen molar-refractivity contribution in [2.24, 2.45) is 5.92 Å². The summed E-state index contributed by atoms with van der Waals surface area (Å²) in [5.41, 5.74) is 0.886. The van der Waals surface area contributed by atoms with E-state index in [1.54, 1.807) is 6.07 Å². The van der Waals surface area contributed by atoms with Crippen LogP contribution in [0, 0.1) is 18.7 Å². The highest BCUT2D eigenvalue weighted by Gasteiger charge is 2.15. The Hall–Kier alpha value is -1.38. The Balaban J connectivity index is 2.56. The fourth-order valence-corrected chi connectivity index (χ4v) is 1.96. The molecule has 1 rings (SSSR count). The normalized spacial score (nSPS) is 12.2. The third kappa shape index (κ3) is 5.01. The highest BCUT2D eigenvalue weighted by Crippen LogP contribution is 2.16. The van der Waals surface area contributed by atoms with Gasteiger partial charge in [-0.05, 0) is 31.4 Å². The van der Waals surface area contributed by atoms with Gasteiger partial charge in [-0.25, -0.2) is 9.18 Å². The fraction of sp³-hybridized carbons (Fsp3) is 0.562. The number of carbonyl (C=O) groups excluding carboxylic acids is 1. The van der Waals surface area contributed by atoms with Crippen molar-refractivity contribution in [2.75, 3.05) is 6.61 Å². The van der Waals surface area contributed by atoms with Crippen LogP contribution in [0.15, 0.2) is 18.2 Å².